The van der Waals surface area contributed by atoms with E-state index in [4.69, 9.17) is 9.88 Å². The van der Waals surface area contributed by atoms with Gasteiger partial charge in [-0.1, -0.05) is 0 Å². The molecule has 0 unspecified atom stereocenters. The van der Waals surface area contributed by atoms with Gasteiger partial charge in [0.2, 0.25) is 0 Å². The summed E-state index contributed by atoms with van der Waals surface area (Å²) in [6, 6.07) is 2.57. The summed E-state index contributed by atoms with van der Waals surface area (Å²) in [6.45, 7) is 2.81. The molecule has 3 aromatic heterocycles. The number of carbonyl (C=O) groups excluding carboxylic acids is 1. The van der Waals surface area contributed by atoms with Crippen molar-refractivity contribution in [3.8, 4) is 0 Å². The zero-order valence-electron chi connectivity index (χ0n) is 16.0. The van der Waals surface area contributed by atoms with Gasteiger partial charge in [-0.05, 0) is 31.9 Å². The molecule has 12 heteroatoms. The minimum Gasteiger partial charge on any atom is -0.376 e. The molecule has 158 valence electrons. The molecule has 1 saturated heterocycles. The molecule has 3 N–H and O–H groups in total. The Hall–Kier alpha value is -2.67. The van der Waals surface area contributed by atoms with Crippen molar-refractivity contribution in [3.63, 3.8) is 0 Å². The van der Waals surface area contributed by atoms with Crippen molar-refractivity contribution in [2.75, 3.05) is 11.9 Å². The van der Waals surface area contributed by atoms with Gasteiger partial charge in [0.25, 0.3) is 21.5 Å². The number of fused-ring (bicyclic) bond motifs is 1. The maximum absolute atomic E-state index is 13.1. The van der Waals surface area contributed by atoms with E-state index >= 15 is 0 Å². The number of anilines is 1. The summed E-state index contributed by atoms with van der Waals surface area (Å²) in [6.07, 6.45) is 4.47. The molecule has 1 atom stereocenters. The highest BCUT2D eigenvalue weighted by Gasteiger charge is 2.23. The van der Waals surface area contributed by atoms with Gasteiger partial charge in [0.05, 0.1) is 41.8 Å². The van der Waals surface area contributed by atoms with Gasteiger partial charge in [-0.2, -0.15) is 0 Å². The molecule has 0 radical (unpaired) electrons. The number of nitrogens with one attached hydrogen (secondary N) is 1. The van der Waals surface area contributed by atoms with E-state index in [1.54, 1.807) is 6.92 Å². The first-order chi connectivity index (χ1) is 14.2. The molecule has 0 saturated carbocycles. The Labute approximate surface area is 175 Å². The minimum absolute atomic E-state index is 0.0395. The molecular weight excluding hydrogens is 430 g/mol. The summed E-state index contributed by atoms with van der Waals surface area (Å²) in [4.78, 5) is 35.2. The molecule has 4 heterocycles. The van der Waals surface area contributed by atoms with Crippen LogP contribution in [0.25, 0.3) is 10.2 Å². The van der Waals surface area contributed by atoms with Crippen molar-refractivity contribution in [2.45, 2.75) is 37.4 Å². The second-order valence-electron chi connectivity index (χ2n) is 6.93. The lowest BCUT2D eigenvalue weighted by molar-refractivity contribution is 0.0960. The fourth-order valence-electron chi connectivity index (χ4n) is 3.36. The lowest BCUT2D eigenvalue weighted by Gasteiger charge is -2.11. The topological polar surface area (TPSA) is 146 Å². The maximum atomic E-state index is 13.1. The fraction of sp³-hybridized carbons (Fsp3) is 0.333. The summed E-state index contributed by atoms with van der Waals surface area (Å²) in [7, 11) is -3.93. The van der Waals surface area contributed by atoms with Crippen molar-refractivity contribution < 1.29 is 17.9 Å². The van der Waals surface area contributed by atoms with E-state index in [9.17, 15) is 18.0 Å². The van der Waals surface area contributed by atoms with Gasteiger partial charge in [-0.25, -0.2) is 23.5 Å². The summed E-state index contributed by atoms with van der Waals surface area (Å²) >= 11 is 1.26. The molecule has 1 fully saturated rings. The number of nitrogens with two attached hydrogens (primary N) is 1. The fourth-order valence-corrected chi connectivity index (χ4v) is 4.80. The monoisotopic (exact) mass is 449 g/mol. The van der Waals surface area contributed by atoms with Gasteiger partial charge in [0.1, 0.15) is 4.83 Å². The number of primary sulfonamides is 1. The van der Waals surface area contributed by atoms with Crippen LogP contribution in [0, 0.1) is 6.92 Å². The lowest BCUT2D eigenvalue weighted by atomic mass is 10.1. The Bertz CT molecular complexity index is 1270. The summed E-state index contributed by atoms with van der Waals surface area (Å²) in [5.41, 5.74) is 0.215. The number of thiophene rings is 1. The zero-order valence-corrected chi connectivity index (χ0v) is 17.6. The predicted molar refractivity (Wildman–Crippen MR) is 111 cm³/mol. The van der Waals surface area contributed by atoms with Crippen LogP contribution >= 0.6 is 11.3 Å². The Morgan fingerprint density at radius 3 is 2.83 bits per heavy atom. The van der Waals surface area contributed by atoms with E-state index in [1.807, 2.05) is 0 Å². The van der Waals surface area contributed by atoms with E-state index in [0.29, 0.717) is 22.9 Å². The van der Waals surface area contributed by atoms with Crippen molar-refractivity contribution in [1.29, 1.82) is 0 Å². The molecule has 1 aliphatic rings. The standard InChI is InChI=1S/C18H19N5O5S2/c1-10-14(16(24)22-11-4-5-13(20-7-11)30(19,26)27)15-17(29-10)21-9-23(18(15)25)8-12-3-2-6-28-12/h4-5,7,9,12H,2-3,6,8H2,1H3,(H,22,24)(H2,19,26,27)/t12-/m1/s1. The van der Waals surface area contributed by atoms with Gasteiger partial charge >= 0.3 is 0 Å². The van der Waals surface area contributed by atoms with Crippen LogP contribution in [0.5, 0.6) is 0 Å². The van der Waals surface area contributed by atoms with E-state index in [2.05, 4.69) is 15.3 Å². The van der Waals surface area contributed by atoms with Crippen LogP contribution in [0.4, 0.5) is 5.69 Å². The molecule has 0 bridgehead atoms. The molecule has 30 heavy (non-hydrogen) atoms. The average Bonchev–Trinajstić information content (AvgIpc) is 3.31. The average molecular weight is 450 g/mol. The van der Waals surface area contributed by atoms with E-state index in [0.717, 1.165) is 12.8 Å². The van der Waals surface area contributed by atoms with E-state index in [1.165, 1.54) is 40.6 Å². The highest BCUT2D eigenvalue weighted by atomic mass is 32.2. The summed E-state index contributed by atoms with van der Waals surface area (Å²) < 4.78 is 29.7. The van der Waals surface area contributed by atoms with Crippen LogP contribution in [-0.2, 0) is 21.3 Å². The summed E-state index contributed by atoms with van der Waals surface area (Å²) in [5.74, 6) is -0.502. The molecule has 1 aliphatic heterocycles. The van der Waals surface area contributed by atoms with Gasteiger partial charge in [-0.3, -0.25) is 14.2 Å². The first-order valence-corrected chi connectivity index (χ1v) is 11.5. The van der Waals surface area contributed by atoms with Crippen molar-refractivity contribution in [1.82, 2.24) is 14.5 Å². The molecular formula is C18H19N5O5S2. The second-order valence-corrected chi connectivity index (χ2v) is 9.65. The number of amides is 1. The number of carbonyl (C=O) groups is 1. The van der Waals surface area contributed by atoms with E-state index < -0.39 is 15.9 Å². The Balaban J connectivity index is 1.66. The SMILES string of the molecule is Cc1sc2ncn(C[C@H]3CCCO3)c(=O)c2c1C(=O)Nc1ccc(S(N)(=O)=O)nc1. The summed E-state index contributed by atoms with van der Waals surface area (Å²) in [5, 5.41) is 7.62. The normalized spacial score (nSPS) is 16.8. The first-order valence-electron chi connectivity index (χ1n) is 9.14. The van der Waals surface area contributed by atoms with Crippen LogP contribution < -0.4 is 16.0 Å². The largest absolute Gasteiger partial charge is 0.376 e. The predicted octanol–water partition coefficient (Wildman–Crippen LogP) is 1.24. The number of nitrogens with zero attached hydrogens (tertiary/aromatic N) is 3. The lowest BCUT2D eigenvalue weighted by Crippen LogP contribution is -2.27. The Kier molecular flexibility index (Phi) is 5.40. The van der Waals surface area contributed by atoms with Crippen LogP contribution in [-0.4, -0.2) is 41.6 Å². The van der Waals surface area contributed by atoms with Crippen molar-refractivity contribution >= 4 is 43.2 Å². The molecule has 3 aromatic rings. The van der Waals surface area contributed by atoms with Crippen molar-refractivity contribution in [2.24, 2.45) is 5.14 Å². The maximum Gasteiger partial charge on any atom is 0.262 e. The Morgan fingerprint density at radius 2 is 2.20 bits per heavy atom. The van der Waals surface area contributed by atoms with Crippen LogP contribution in [0.3, 0.4) is 0 Å². The van der Waals surface area contributed by atoms with Gasteiger partial charge in [0.15, 0.2) is 5.03 Å². The molecule has 0 aliphatic carbocycles. The third-order valence-corrected chi connectivity index (χ3v) is 6.63. The van der Waals surface area contributed by atoms with Crippen LogP contribution in [0.15, 0.2) is 34.5 Å². The third-order valence-electron chi connectivity index (χ3n) is 4.79. The quantitative estimate of drug-likeness (QED) is 0.596. The van der Waals surface area contributed by atoms with Gasteiger partial charge < -0.3 is 10.1 Å². The first kappa shape index (κ1) is 20.6. The molecule has 10 nitrogen and oxygen atoms in total. The number of pyridine rings is 1. The smallest absolute Gasteiger partial charge is 0.262 e. The Morgan fingerprint density at radius 1 is 1.40 bits per heavy atom. The molecule has 0 aromatic carbocycles. The van der Waals surface area contributed by atoms with Crippen LogP contribution in [0.2, 0.25) is 0 Å². The van der Waals surface area contributed by atoms with Crippen molar-refractivity contribution in [3.05, 3.63) is 45.5 Å². The second kappa shape index (κ2) is 7.87. The number of sulfonamides is 1. The minimum atomic E-state index is -3.93. The highest BCUT2D eigenvalue weighted by molar-refractivity contribution is 7.89. The number of rotatable bonds is 5. The van der Waals surface area contributed by atoms with Crippen LogP contribution in [0.1, 0.15) is 28.1 Å². The zero-order chi connectivity index (χ0) is 21.5. The third kappa shape index (κ3) is 3.99. The number of aromatic nitrogens is 3. The number of ether oxygens (including phenoxy) is 1. The number of hydrogen-bond acceptors (Lipinski definition) is 8. The van der Waals surface area contributed by atoms with E-state index in [-0.39, 0.29) is 33.3 Å². The number of hydrogen-bond donors (Lipinski definition) is 2. The van der Waals surface area contributed by atoms with Gasteiger partial charge in [0, 0.05) is 11.5 Å². The highest BCUT2D eigenvalue weighted by Crippen LogP contribution is 2.28. The molecule has 1 amide bonds. The number of aryl methyl sites for hydroxylation is 1. The molecule has 4 rings (SSSR count). The van der Waals surface area contributed by atoms with Gasteiger partial charge in [-0.15, -0.1) is 11.3 Å². The molecule has 0 spiro atoms.